The Bertz CT molecular complexity index is 492. The second-order valence-corrected chi connectivity index (χ2v) is 5.12. The molecule has 0 aliphatic carbocycles. The first-order valence-electron chi connectivity index (χ1n) is 6.86. The van der Waals surface area contributed by atoms with Gasteiger partial charge in [-0.1, -0.05) is 30.3 Å². The summed E-state index contributed by atoms with van der Waals surface area (Å²) < 4.78 is 4.79. The van der Waals surface area contributed by atoms with Crippen LogP contribution in [-0.4, -0.2) is 66.2 Å². The van der Waals surface area contributed by atoms with Crippen molar-refractivity contribution in [2.45, 2.75) is 12.6 Å². The SMILES string of the molecule is COCC(=O)N1CC(=O)N(Cc2ccccc2)CC(O)C1. The molecule has 1 aromatic carbocycles. The van der Waals surface area contributed by atoms with E-state index < -0.39 is 6.10 Å². The lowest BCUT2D eigenvalue weighted by atomic mass is 10.2. The molecule has 0 aromatic heterocycles. The van der Waals surface area contributed by atoms with E-state index in [1.54, 1.807) is 4.90 Å². The van der Waals surface area contributed by atoms with Crippen molar-refractivity contribution in [3.05, 3.63) is 35.9 Å². The molecule has 1 unspecified atom stereocenters. The maximum atomic E-state index is 12.3. The van der Waals surface area contributed by atoms with Crippen LogP contribution in [0.2, 0.25) is 0 Å². The smallest absolute Gasteiger partial charge is 0.249 e. The van der Waals surface area contributed by atoms with Crippen LogP contribution < -0.4 is 0 Å². The Morgan fingerprint density at radius 2 is 2.05 bits per heavy atom. The minimum absolute atomic E-state index is 0.0217. The van der Waals surface area contributed by atoms with Gasteiger partial charge in [0.25, 0.3) is 0 Å². The van der Waals surface area contributed by atoms with E-state index in [1.165, 1.54) is 12.0 Å². The Hall–Kier alpha value is -1.92. The number of rotatable bonds is 4. The zero-order chi connectivity index (χ0) is 15.2. The van der Waals surface area contributed by atoms with E-state index in [2.05, 4.69) is 0 Å². The van der Waals surface area contributed by atoms with E-state index in [4.69, 9.17) is 4.74 Å². The predicted octanol–water partition coefficient (Wildman–Crippen LogP) is -0.135. The Morgan fingerprint density at radius 1 is 1.33 bits per heavy atom. The zero-order valence-corrected chi connectivity index (χ0v) is 12.1. The summed E-state index contributed by atoms with van der Waals surface area (Å²) in [6.45, 7) is 0.706. The Morgan fingerprint density at radius 3 is 2.71 bits per heavy atom. The summed E-state index contributed by atoms with van der Waals surface area (Å²) in [5.41, 5.74) is 0.995. The Balaban J connectivity index is 2.05. The monoisotopic (exact) mass is 292 g/mol. The maximum absolute atomic E-state index is 12.3. The number of hydrogen-bond donors (Lipinski definition) is 1. The van der Waals surface area contributed by atoms with E-state index >= 15 is 0 Å². The fourth-order valence-corrected chi connectivity index (χ4v) is 2.36. The third-order valence-electron chi connectivity index (χ3n) is 3.38. The van der Waals surface area contributed by atoms with Gasteiger partial charge in [0.15, 0.2) is 0 Å². The molecule has 1 saturated heterocycles. The quantitative estimate of drug-likeness (QED) is 0.839. The van der Waals surface area contributed by atoms with Gasteiger partial charge in [0.05, 0.1) is 12.6 Å². The van der Waals surface area contributed by atoms with Crippen LogP contribution >= 0.6 is 0 Å². The van der Waals surface area contributed by atoms with Gasteiger partial charge in [-0.25, -0.2) is 0 Å². The predicted molar refractivity (Wildman–Crippen MR) is 76.3 cm³/mol. The molecule has 1 heterocycles. The minimum Gasteiger partial charge on any atom is -0.389 e. The van der Waals surface area contributed by atoms with Crippen LogP contribution in [0.25, 0.3) is 0 Å². The van der Waals surface area contributed by atoms with E-state index in [0.29, 0.717) is 6.54 Å². The second kappa shape index (κ2) is 7.19. The topological polar surface area (TPSA) is 70.1 Å². The molecule has 0 bridgehead atoms. The van der Waals surface area contributed by atoms with Gasteiger partial charge in [-0.2, -0.15) is 0 Å². The van der Waals surface area contributed by atoms with Crippen molar-refractivity contribution in [3.8, 4) is 0 Å². The second-order valence-electron chi connectivity index (χ2n) is 5.12. The molecule has 1 aromatic rings. The molecule has 6 heteroatoms. The summed E-state index contributed by atoms with van der Waals surface area (Å²) in [7, 11) is 1.43. The van der Waals surface area contributed by atoms with Gasteiger partial charge in [-0.15, -0.1) is 0 Å². The lowest BCUT2D eigenvalue weighted by molar-refractivity contribution is -0.141. The summed E-state index contributed by atoms with van der Waals surface area (Å²) in [6.07, 6.45) is -0.749. The van der Waals surface area contributed by atoms with E-state index in [-0.39, 0.29) is 38.1 Å². The van der Waals surface area contributed by atoms with Crippen LogP contribution in [0.4, 0.5) is 0 Å². The molecule has 0 radical (unpaired) electrons. The van der Waals surface area contributed by atoms with E-state index in [0.717, 1.165) is 5.56 Å². The number of amides is 2. The number of hydrogen-bond acceptors (Lipinski definition) is 4. The first-order chi connectivity index (χ1) is 10.1. The van der Waals surface area contributed by atoms with Crippen molar-refractivity contribution >= 4 is 11.8 Å². The number of carbonyl (C=O) groups is 2. The standard InChI is InChI=1S/C15H20N2O4/c1-21-11-15(20)17-9-13(18)8-16(14(19)10-17)7-12-5-3-2-4-6-12/h2-6,13,18H,7-11H2,1H3. The number of aliphatic hydroxyl groups excluding tert-OH is 1. The number of aliphatic hydroxyl groups is 1. The van der Waals surface area contributed by atoms with Crippen LogP contribution in [0.5, 0.6) is 0 Å². The number of ether oxygens (including phenoxy) is 1. The molecule has 114 valence electrons. The van der Waals surface area contributed by atoms with Gasteiger partial charge >= 0.3 is 0 Å². The highest BCUT2D eigenvalue weighted by molar-refractivity contribution is 5.85. The molecule has 1 fully saturated rings. The fourth-order valence-electron chi connectivity index (χ4n) is 2.36. The lowest BCUT2D eigenvalue weighted by Gasteiger charge is -2.21. The van der Waals surface area contributed by atoms with Gasteiger partial charge < -0.3 is 19.6 Å². The molecular weight excluding hydrogens is 272 g/mol. The third-order valence-corrected chi connectivity index (χ3v) is 3.38. The molecule has 2 amide bonds. The molecule has 0 saturated carbocycles. The van der Waals surface area contributed by atoms with Crippen molar-refractivity contribution < 1.29 is 19.4 Å². The minimum atomic E-state index is -0.749. The van der Waals surface area contributed by atoms with E-state index in [1.807, 2.05) is 30.3 Å². The molecule has 0 spiro atoms. The largest absolute Gasteiger partial charge is 0.389 e. The van der Waals surface area contributed by atoms with Crippen molar-refractivity contribution in [3.63, 3.8) is 0 Å². The van der Waals surface area contributed by atoms with Gasteiger partial charge in [-0.3, -0.25) is 9.59 Å². The van der Waals surface area contributed by atoms with E-state index in [9.17, 15) is 14.7 Å². The average Bonchev–Trinajstić information content (AvgIpc) is 2.60. The number of β-amino-alcohol motifs (C(OH)–C–C–N with tert-alkyl or cyclic N) is 1. The number of methoxy groups -OCH3 is 1. The van der Waals surface area contributed by atoms with Gasteiger partial charge in [0.1, 0.15) is 6.61 Å². The average molecular weight is 292 g/mol. The number of nitrogens with zero attached hydrogens (tertiary/aromatic N) is 2. The molecule has 21 heavy (non-hydrogen) atoms. The van der Waals surface area contributed by atoms with Crippen LogP contribution in [0.15, 0.2) is 30.3 Å². The van der Waals surface area contributed by atoms with Gasteiger partial charge in [-0.05, 0) is 5.56 Å². The van der Waals surface area contributed by atoms with Crippen LogP contribution in [0.1, 0.15) is 5.56 Å². The maximum Gasteiger partial charge on any atom is 0.249 e. The Kier molecular flexibility index (Phi) is 5.30. The summed E-state index contributed by atoms with van der Waals surface area (Å²) in [6, 6.07) is 9.58. The highest BCUT2D eigenvalue weighted by Crippen LogP contribution is 2.10. The van der Waals surface area contributed by atoms with Gasteiger partial charge in [0.2, 0.25) is 11.8 Å². The fraction of sp³-hybridized carbons (Fsp3) is 0.467. The normalized spacial score (nSPS) is 19.5. The third kappa shape index (κ3) is 4.27. The molecule has 1 N–H and O–H groups in total. The summed E-state index contributed by atoms with van der Waals surface area (Å²) in [4.78, 5) is 27.0. The van der Waals surface area contributed by atoms with Crippen molar-refractivity contribution in [1.82, 2.24) is 9.80 Å². The Labute approximate surface area is 123 Å². The molecule has 1 aliphatic heterocycles. The molecule has 1 atom stereocenters. The van der Waals surface area contributed by atoms with Crippen LogP contribution in [0.3, 0.4) is 0 Å². The first-order valence-corrected chi connectivity index (χ1v) is 6.86. The molecule has 2 rings (SSSR count). The lowest BCUT2D eigenvalue weighted by Crippen LogP contribution is -2.41. The van der Waals surface area contributed by atoms with Crippen LogP contribution in [0, 0.1) is 0 Å². The number of carbonyl (C=O) groups excluding carboxylic acids is 2. The van der Waals surface area contributed by atoms with Crippen molar-refractivity contribution in [2.24, 2.45) is 0 Å². The number of benzene rings is 1. The van der Waals surface area contributed by atoms with Crippen molar-refractivity contribution in [1.29, 1.82) is 0 Å². The summed E-state index contributed by atoms with van der Waals surface area (Å²) >= 11 is 0. The molecule has 1 aliphatic rings. The van der Waals surface area contributed by atoms with Crippen LogP contribution in [-0.2, 0) is 20.9 Å². The molecule has 6 nitrogen and oxygen atoms in total. The highest BCUT2D eigenvalue weighted by atomic mass is 16.5. The first kappa shape index (κ1) is 15.5. The van der Waals surface area contributed by atoms with Gasteiger partial charge in [0, 0.05) is 26.7 Å². The van der Waals surface area contributed by atoms with Crippen molar-refractivity contribution in [2.75, 3.05) is 33.4 Å². The highest BCUT2D eigenvalue weighted by Gasteiger charge is 2.29. The zero-order valence-electron chi connectivity index (χ0n) is 12.1. The molecular formula is C15H20N2O4. The summed E-state index contributed by atoms with van der Waals surface area (Å²) in [5.74, 6) is -0.452. The summed E-state index contributed by atoms with van der Waals surface area (Å²) in [5, 5.41) is 10.0.